The first-order chi connectivity index (χ1) is 8.79. The molecule has 2 saturated heterocycles. The minimum Gasteiger partial charge on any atom is -0.466 e. The van der Waals surface area contributed by atoms with E-state index in [0.717, 1.165) is 29.4 Å². The molecule has 0 radical (unpaired) electrons. The van der Waals surface area contributed by atoms with Gasteiger partial charge in [0.2, 0.25) is 0 Å². The molecule has 2 aliphatic heterocycles. The first kappa shape index (κ1) is 12.7. The van der Waals surface area contributed by atoms with Crippen molar-refractivity contribution in [2.45, 2.75) is 24.9 Å². The van der Waals surface area contributed by atoms with Crippen LogP contribution in [-0.2, 0) is 0 Å². The van der Waals surface area contributed by atoms with Crippen molar-refractivity contribution < 1.29 is 4.42 Å². The van der Waals surface area contributed by atoms with Gasteiger partial charge in [0.1, 0.15) is 5.76 Å². The highest BCUT2D eigenvalue weighted by Crippen LogP contribution is 2.31. The molecule has 0 aromatic carbocycles. The van der Waals surface area contributed by atoms with Crippen molar-refractivity contribution in [1.82, 2.24) is 9.80 Å². The Bertz CT molecular complexity index is 409. The standard InChI is InChI=1S/C13H20BrN3O/c14-11-3-7-18-13(11)12(8-15)17-6-5-16-4-1-2-10(16)9-17/h3,7,10,12H,1-2,4-6,8-9,15H2. The summed E-state index contributed by atoms with van der Waals surface area (Å²) >= 11 is 3.54. The second kappa shape index (κ2) is 5.33. The van der Waals surface area contributed by atoms with Crippen molar-refractivity contribution in [3.05, 3.63) is 22.6 Å². The van der Waals surface area contributed by atoms with Crippen molar-refractivity contribution in [2.24, 2.45) is 5.73 Å². The van der Waals surface area contributed by atoms with E-state index >= 15 is 0 Å². The Morgan fingerprint density at radius 2 is 2.33 bits per heavy atom. The van der Waals surface area contributed by atoms with Crippen LogP contribution in [0.25, 0.3) is 0 Å². The first-order valence-electron chi connectivity index (χ1n) is 6.70. The number of piperazine rings is 1. The summed E-state index contributed by atoms with van der Waals surface area (Å²) in [6.07, 6.45) is 4.40. The van der Waals surface area contributed by atoms with Gasteiger partial charge < -0.3 is 10.2 Å². The van der Waals surface area contributed by atoms with Gasteiger partial charge in [0, 0.05) is 32.2 Å². The molecule has 2 aliphatic rings. The number of halogens is 1. The van der Waals surface area contributed by atoms with Crippen LogP contribution in [0.15, 0.2) is 21.2 Å². The topological polar surface area (TPSA) is 45.6 Å². The second-order valence-corrected chi connectivity index (χ2v) is 6.07. The zero-order valence-corrected chi connectivity index (χ0v) is 12.1. The minimum absolute atomic E-state index is 0.206. The summed E-state index contributed by atoms with van der Waals surface area (Å²) in [6, 6.07) is 2.88. The van der Waals surface area contributed by atoms with Crippen LogP contribution in [0.4, 0.5) is 0 Å². The number of hydrogen-bond acceptors (Lipinski definition) is 4. The van der Waals surface area contributed by atoms with E-state index in [-0.39, 0.29) is 6.04 Å². The predicted octanol–water partition coefficient (Wildman–Crippen LogP) is 1.82. The van der Waals surface area contributed by atoms with Crippen LogP contribution in [0, 0.1) is 0 Å². The maximum atomic E-state index is 5.96. The summed E-state index contributed by atoms with van der Waals surface area (Å²) in [5, 5.41) is 0. The lowest BCUT2D eigenvalue weighted by Gasteiger charge is -2.40. The van der Waals surface area contributed by atoms with Gasteiger partial charge in [0.25, 0.3) is 0 Å². The summed E-state index contributed by atoms with van der Waals surface area (Å²) < 4.78 is 6.63. The maximum absolute atomic E-state index is 5.96. The number of furan rings is 1. The molecule has 5 heteroatoms. The molecule has 18 heavy (non-hydrogen) atoms. The van der Waals surface area contributed by atoms with Crippen molar-refractivity contribution >= 4 is 15.9 Å². The van der Waals surface area contributed by atoms with E-state index in [1.807, 2.05) is 6.07 Å². The third-order valence-electron chi connectivity index (χ3n) is 4.23. The number of hydrogen-bond donors (Lipinski definition) is 1. The van der Waals surface area contributed by atoms with Gasteiger partial charge in [0.05, 0.1) is 16.8 Å². The van der Waals surface area contributed by atoms with Gasteiger partial charge >= 0.3 is 0 Å². The number of fused-ring (bicyclic) bond motifs is 1. The molecule has 100 valence electrons. The zero-order chi connectivity index (χ0) is 12.5. The van der Waals surface area contributed by atoms with Crippen LogP contribution in [0.5, 0.6) is 0 Å². The smallest absolute Gasteiger partial charge is 0.136 e. The van der Waals surface area contributed by atoms with Gasteiger partial charge in [-0.05, 0) is 41.4 Å². The summed E-state index contributed by atoms with van der Waals surface area (Å²) in [4.78, 5) is 5.09. The molecule has 2 fully saturated rings. The van der Waals surface area contributed by atoms with Crippen molar-refractivity contribution in [1.29, 1.82) is 0 Å². The molecule has 3 heterocycles. The molecule has 3 rings (SSSR count). The molecule has 0 bridgehead atoms. The van der Waals surface area contributed by atoms with Crippen molar-refractivity contribution in [3.63, 3.8) is 0 Å². The first-order valence-corrected chi connectivity index (χ1v) is 7.50. The Morgan fingerprint density at radius 1 is 1.44 bits per heavy atom. The molecule has 2 atom stereocenters. The molecule has 4 nitrogen and oxygen atoms in total. The van der Waals surface area contributed by atoms with E-state index < -0.39 is 0 Å². The summed E-state index contributed by atoms with van der Waals surface area (Å²) in [5.74, 6) is 0.976. The largest absolute Gasteiger partial charge is 0.466 e. The molecule has 2 N–H and O–H groups in total. The van der Waals surface area contributed by atoms with Gasteiger partial charge in [-0.25, -0.2) is 0 Å². The lowest BCUT2D eigenvalue weighted by Crippen LogP contribution is -2.52. The molecule has 0 spiro atoms. The van der Waals surface area contributed by atoms with Gasteiger partial charge in [-0.3, -0.25) is 9.80 Å². The van der Waals surface area contributed by atoms with Crippen LogP contribution in [0.1, 0.15) is 24.6 Å². The van der Waals surface area contributed by atoms with Crippen LogP contribution < -0.4 is 5.73 Å². The average molecular weight is 314 g/mol. The van der Waals surface area contributed by atoms with E-state index in [9.17, 15) is 0 Å². The molecule has 2 unspecified atom stereocenters. The fourth-order valence-corrected chi connectivity index (χ4v) is 3.73. The third kappa shape index (κ3) is 2.25. The molecular formula is C13H20BrN3O. The maximum Gasteiger partial charge on any atom is 0.136 e. The number of nitrogens with two attached hydrogens (primary N) is 1. The molecular weight excluding hydrogens is 294 g/mol. The second-order valence-electron chi connectivity index (χ2n) is 5.21. The fraction of sp³-hybridized carbons (Fsp3) is 0.692. The van der Waals surface area contributed by atoms with Crippen LogP contribution in [0.3, 0.4) is 0 Å². The normalized spacial score (nSPS) is 27.3. The van der Waals surface area contributed by atoms with Crippen molar-refractivity contribution in [3.8, 4) is 0 Å². The zero-order valence-electron chi connectivity index (χ0n) is 10.5. The van der Waals surface area contributed by atoms with Gasteiger partial charge in [-0.15, -0.1) is 0 Å². The van der Waals surface area contributed by atoms with Gasteiger partial charge in [0.15, 0.2) is 0 Å². The molecule has 1 aromatic rings. The highest BCUT2D eigenvalue weighted by atomic mass is 79.9. The lowest BCUT2D eigenvalue weighted by molar-refractivity contribution is 0.0658. The fourth-order valence-electron chi connectivity index (χ4n) is 3.26. The lowest BCUT2D eigenvalue weighted by atomic mass is 10.1. The highest BCUT2D eigenvalue weighted by molar-refractivity contribution is 9.10. The van der Waals surface area contributed by atoms with Crippen LogP contribution in [0.2, 0.25) is 0 Å². The van der Waals surface area contributed by atoms with E-state index in [1.54, 1.807) is 6.26 Å². The highest BCUT2D eigenvalue weighted by Gasteiger charge is 2.34. The van der Waals surface area contributed by atoms with Crippen LogP contribution in [-0.4, -0.2) is 48.6 Å². The van der Waals surface area contributed by atoms with Gasteiger partial charge in [-0.1, -0.05) is 0 Å². The van der Waals surface area contributed by atoms with Gasteiger partial charge in [-0.2, -0.15) is 0 Å². The molecule has 0 amide bonds. The predicted molar refractivity (Wildman–Crippen MR) is 74.4 cm³/mol. The Morgan fingerprint density at radius 3 is 3.06 bits per heavy atom. The summed E-state index contributed by atoms with van der Waals surface area (Å²) in [6.45, 7) is 5.26. The summed E-state index contributed by atoms with van der Waals surface area (Å²) in [7, 11) is 0. The number of nitrogens with zero attached hydrogens (tertiary/aromatic N) is 2. The Hall–Kier alpha value is -0.360. The average Bonchev–Trinajstić information content (AvgIpc) is 2.99. The Balaban J connectivity index is 1.74. The molecule has 0 aliphatic carbocycles. The number of rotatable bonds is 3. The quantitative estimate of drug-likeness (QED) is 0.924. The Kier molecular flexibility index (Phi) is 3.75. The monoisotopic (exact) mass is 313 g/mol. The van der Waals surface area contributed by atoms with E-state index in [1.165, 1.54) is 25.9 Å². The van der Waals surface area contributed by atoms with E-state index in [4.69, 9.17) is 10.2 Å². The SMILES string of the molecule is NCC(c1occc1Br)N1CCN2CCCC2C1. The molecule has 0 saturated carbocycles. The minimum atomic E-state index is 0.206. The molecule has 1 aromatic heterocycles. The van der Waals surface area contributed by atoms with Crippen LogP contribution >= 0.6 is 15.9 Å². The van der Waals surface area contributed by atoms with Crippen molar-refractivity contribution in [2.75, 3.05) is 32.7 Å². The Labute approximate surface area is 116 Å². The summed E-state index contributed by atoms with van der Waals surface area (Å²) in [5.41, 5.74) is 5.96. The third-order valence-corrected chi connectivity index (χ3v) is 4.89. The van der Waals surface area contributed by atoms with E-state index in [2.05, 4.69) is 25.7 Å². The van der Waals surface area contributed by atoms with E-state index in [0.29, 0.717) is 6.54 Å².